The minimum Gasteiger partial charge on any atom is -0.508 e. The second-order valence-corrected chi connectivity index (χ2v) is 2.01. The first kappa shape index (κ1) is 7.21. The molecule has 0 spiro atoms. The van der Waals surface area contributed by atoms with Crippen LogP contribution in [0, 0.1) is 0 Å². The highest BCUT2D eigenvalue weighted by Gasteiger charge is 2.25. The lowest BCUT2D eigenvalue weighted by Crippen LogP contribution is -2.23. The molecule has 0 saturated heterocycles. The molecule has 2 nitrogen and oxygen atoms in total. The number of hydrogen-bond acceptors (Lipinski definition) is 2. The largest absolute Gasteiger partial charge is 0.508 e. The number of aliphatic hydroxyl groups is 2. The van der Waals surface area contributed by atoms with E-state index in [1.807, 2.05) is 0 Å². The summed E-state index contributed by atoms with van der Waals surface area (Å²) in [6.07, 6.45) is -2.17. The van der Waals surface area contributed by atoms with Gasteiger partial charge in [0, 0.05) is 6.08 Å². The zero-order valence-electron chi connectivity index (χ0n) is 4.96. The molecule has 0 aromatic carbocycles. The van der Waals surface area contributed by atoms with Gasteiger partial charge in [0.05, 0.1) is 0 Å². The summed E-state index contributed by atoms with van der Waals surface area (Å²) in [4.78, 5) is 0. The first-order valence-electron chi connectivity index (χ1n) is 2.71. The number of hydrogen-bond donors (Lipinski definition) is 2. The Balaban J connectivity index is 2.85. The molecule has 0 aromatic rings. The Bertz CT molecular complexity index is 198. The first-order chi connectivity index (χ1) is 4.61. The second-order valence-electron chi connectivity index (χ2n) is 2.01. The van der Waals surface area contributed by atoms with Gasteiger partial charge in [0.1, 0.15) is 17.7 Å². The van der Waals surface area contributed by atoms with Crippen LogP contribution in [0.5, 0.6) is 0 Å². The predicted octanol–water partition coefficient (Wildman–Crippen LogP) is 0.994. The van der Waals surface area contributed by atoms with Crippen molar-refractivity contribution >= 4 is 0 Å². The summed E-state index contributed by atoms with van der Waals surface area (Å²) < 4.78 is 24.6. The zero-order valence-corrected chi connectivity index (χ0v) is 4.96. The Morgan fingerprint density at radius 1 is 1.50 bits per heavy atom. The van der Waals surface area contributed by atoms with Crippen LogP contribution in [-0.2, 0) is 0 Å². The van der Waals surface area contributed by atoms with E-state index in [-0.39, 0.29) is 0 Å². The van der Waals surface area contributed by atoms with Crippen molar-refractivity contribution in [3.05, 3.63) is 23.7 Å². The summed E-state index contributed by atoms with van der Waals surface area (Å²) in [6.45, 7) is 0. The number of halogens is 2. The smallest absolute Gasteiger partial charge is 0.154 e. The van der Waals surface area contributed by atoms with Crippen LogP contribution in [0.25, 0.3) is 0 Å². The molecule has 0 bridgehead atoms. The molecule has 0 aliphatic heterocycles. The van der Waals surface area contributed by atoms with Gasteiger partial charge < -0.3 is 10.2 Å². The third-order valence-corrected chi connectivity index (χ3v) is 1.20. The minimum absolute atomic E-state index is 0.490. The van der Waals surface area contributed by atoms with E-state index < -0.39 is 23.9 Å². The van der Waals surface area contributed by atoms with Crippen LogP contribution in [-0.4, -0.2) is 22.5 Å². The number of aliphatic hydroxyl groups excluding tert-OH is 2. The first-order valence-corrected chi connectivity index (χ1v) is 2.71. The fourth-order valence-corrected chi connectivity index (χ4v) is 0.681. The molecule has 2 atom stereocenters. The molecule has 0 aromatic heterocycles. The maximum absolute atomic E-state index is 12.3. The highest BCUT2D eigenvalue weighted by Crippen LogP contribution is 2.19. The predicted molar refractivity (Wildman–Crippen MR) is 30.8 cm³/mol. The van der Waals surface area contributed by atoms with Gasteiger partial charge in [-0.3, -0.25) is 0 Å². The van der Waals surface area contributed by atoms with E-state index in [1.54, 1.807) is 0 Å². The maximum Gasteiger partial charge on any atom is 0.154 e. The van der Waals surface area contributed by atoms with E-state index in [0.717, 1.165) is 6.08 Å². The van der Waals surface area contributed by atoms with E-state index in [0.29, 0.717) is 6.08 Å². The van der Waals surface area contributed by atoms with Crippen molar-refractivity contribution in [2.75, 3.05) is 0 Å². The molecule has 0 radical (unpaired) electrons. The Labute approximate surface area is 56.1 Å². The van der Waals surface area contributed by atoms with Crippen LogP contribution in [0.4, 0.5) is 8.78 Å². The summed E-state index contributed by atoms with van der Waals surface area (Å²) in [5.74, 6) is -1.54. The van der Waals surface area contributed by atoms with Gasteiger partial charge in [0.2, 0.25) is 0 Å². The number of rotatable bonds is 0. The lowest BCUT2D eigenvalue weighted by molar-refractivity contribution is 0.107. The summed E-state index contributed by atoms with van der Waals surface area (Å²) in [5.41, 5.74) is 0. The second kappa shape index (κ2) is 2.38. The van der Waals surface area contributed by atoms with Gasteiger partial charge >= 0.3 is 0 Å². The zero-order chi connectivity index (χ0) is 7.72. The Morgan fingerprint density at radius 2 is 2.10 bits per heavy atom. The van der Waals surface area contributed by atoms with Crippen molar-refractivity contribution in [1.82, 2.24) is 0 Å². The van der Waals surface area contributed by atoms with Crippen molar-refractivity contribution in [1.29, 1.82) is 0 Å². The monoisotopic (exact) mass is 148 g/mol. The highest BCUT2D eigenvalue weighted by atomic mass is 19.1. The van der Waals surface area contributed by atoms with Gasteiger partial charge in [-0.15, -0.1) is 0 Å². The number of alkyl halides is 1. The molecular formula is C6H6F2O2. The van der Waals surface area contributed by atoms with Crippen LogP contribution in [0.3, 0.4) is 0 Å². The molecule has 4 heteroatoms. The van der Waals surface area contributed by atoms with Gasteiger partial charge in [0.15, 0.2) is 6.17 Å². The van der Waals surface area contributed by atoms with Crippen molar-refractivity contribution < 1.29 is 19.0 Å². The van der Waals surface area contributed by atoms with Crippen LogP contribution in [0.1, 0.15) is 0 Å². The Hall–Kier alpha value is -0.900. The molecule has 2 N–H and O–H groups in total. The summed E-state index contributed by atoms with van der Waals surface area (Å²) in [5, 5.41) is 17.2. The average Bonchev–Trinajstić information content (AvgIpc) is 1.82. The fraction of sp³-hybridized carbons (Fsp3) is 0.333. The molecule has 10 heavy (non-hydrogen) atoms. The Kier molecular flexibility index (Phi) is 1.72. The molecule has 0 heterocycles. The van der Waals surface area contributed by atoms with E-state index in [2.05, 4.69) is 0 Å². The number of allylic oxidation sites excluding steroid dienone is 1. The third kappa shape index (κ3) is 1.16. The fourth-order valence-electron chi connectivity index (χ4n) is 0.681. The van der Waals surface area contributed by atoms with E-state index in [1.165, 1.54) is 0 Å². The van der Waals surface area contributed by atoms with Gasteiger partial charge in [-0.1, -0.05) is 0 Å². The van der Waals surface area contributed by atoms with Crippen LogP contribution in [0.2, 0.25) is 0 Å². The van der Waals surface area contributed by atoms with E-state index in [9.17, 15) is 8.78 Å². The van der Waals surface area contributed by atoms with Gasteiger partial charge in [-0.25, -0.2) is 8.78 Å². The standard InChI is InChI=1S/C6H6F2O2/c7-4-1-3(9)2-5(8)6(4)10/h1-2,4,6,9-10H. The van der Waals surface area contributed by atoms with Crippen LogP contribution < -0.4 is 0 Å². The van der Waals surface area contributed by atoms with E-state index in [4.69, 9.17) is 10.2 Å². The molecule has 2 unspecified atom stereocenters. The molecule has 0 fully saturated rings. The summed E-state index contributed by atoms with van der Waals surface area (Å²) >= 11 is 0. The topological polar surface area (TPSA) is 40.5 Å². The van der Waals surface area contributed by atoms with Gasteiger partial charge in [-0.2, -0.15) is 0 Å². The molecular weight excluding hydrogens is 142 g/mol. The van der Waals surface area contributed by atoms with Crippen molar-refractivity contribution in [2.45, 2.75) is 12.3 Å². The quantitative estimate of drug-likeness (QED) is 0.537. The highest BCUT2D eigenvalue weighted by molar-refractivity contribution is 5.25. The molecule has 1 aliphatic carbocycles. The summed E-state index contributed by atoms with van der Waals surface area (Å²) in [7, 11) is 0. The average molecular weight is 148 g/mol. The van der Waals surface area contributed by atoms with E-state index >= 15 is 0 Å². The molecule has 0 saturated carbocycles. The molecule has 0 amide bonds. The molecule has 56 valence electrons. The lowest BCUT2D eigenvalue weighted by Gasteiger charge is -2.14. The summed E-state index contributed by atoms with van der Waals surface area (Å²) in [6, 6.07) is 0. The maximum atomic E-state index is 12.3. The third-order valence-electron chi connectivity index (χ3n) is 1.20. The van der Waals surface area contributed by atoms with Gasteiger partial charge in [0.25, 0.3) is 0 Å². The van der Waals surface area contributed by atoms with Crippen LogP contribution in [0.15, 0.2) is 23.7 Å². The van der Waals surface area contributed by atoms with Crippen molar-refractivity contribution in [2.24, 2.45) is 0 Å². The molecule has 1 rings (SSSR count). The van der Waals surface area contributed by atoms with Crippen molar-refractivity contribution in [3.8, 4) is 0 Å². The SMILES string of the molecule is OC1=CC(F)C(O)C(F)=C1. The Morgan fingerprint density at radius 3 is 2.60 bits per heavy atom. The lowest BCUT2D eigenvalue weighted by atomic mass is 10.1. The van der Waals surface area contributed by atoms with Gasteiger partial charge in [-0.05, 0) is 6.08 Å². The molecule has 1 aliphatic rings. The minimum atomic E-state index is -1.84. The normalized spacial score (nSPS) is 33.1. The van der Waals surface area contributed by atoms with Crippen LogP contribution >= 0.6 is 0 Å². The van der Waals surface area contributed by atoms with Crippen molar-refractivity contribution in [3.63, 3.8) is 0 Å².